The fraction of sp³-hybridized carbons (Fsp3) is 0.647. The first-order chi connectivity index (χ1) is 10.3. The molecule has 0 aliphatic carbocycles. The highest BCUT2D eigenvalue weighted by Gasteiger charge is 2.13. The van der Waals surface area contributed by atoms with E-state index in [1.54, 1.807) is 0 Å². The molecular weight excluding hydrogens is 264 g/mol. The van der Waals surface area contributed by atoms with E-state index >= 15 is 0 Å². The van der Waals surface area contributed by atoms with Crippen molar-refractivity contribution in [3.63, 3.8) is 0 Å². The number of hydrogen-bond acceptors (Lipinski definition) is 4. The molecule has 1 aromatic carbocycles. The third kappa shape index (κ3) is 4.11. The second-order valence-electron chi connectivity index (χ2n) is 6.12. The average molecular weight is 290 g/mol. The molecule has 2 aliphatic rings. The number of fused-ring (bicyclic) bond motifs is 1. The molecule has 0 radical (unpaired) electrons. The van der Waals surface area contributed by atoms with Gasteiger partial charge in [0.25, 0.3) is 0 Å². The Morgan fingerprint density at radius 3 is 2.62 bits per heavy atom. The van der Waals surface area contributed by atoms with Crippen LogP contribution in [0.2, 0.25) is 0 Å². The minimum Gasteiger partial charge on any atom is -0.486 e. The normalized spacial score (nSPS) is 19.0. The lowest BCUT2D eigenvalue weighted by Gasteiger charge is -2.28. The van der Waals surface area contributed by atoms with Crippen molar-refractivity contribution in [1.29, 1.82) is 0 Å². The molecule has 2 aliphatic heterocycles. The van der Waals surface area contributed by atoms with Gasteiger partial charge in [-0.3, -0.25) is 0 Å². The van der Waals surface area contributed by atoms with E-state index in [4.69, 9.17) is 9.47 Å². The predicted molar refractivity (Wildman–Crippen MR) is 84.1 cm³/mol. The zero-order valence-electron chi connectivity index (χ0n) is 13.0. The molecule has 0 aromatic heterocycles. The third-order valence-corrected chi connectivity index (χ3v) is 4.31. The van der Waals surface area contributed by atoms with Crippen molar-refractivity contribution in [1.82, 2.24) is 9.80 Å². The monoisotopic (exact) mass is 290 g/mol. The van der Waals surface area contributed by atoms with E-state index in [1.165, 1.54) is 44.5 Å². The van der Waals surface area contributed by atoms with Gasteiger partial charge in [-0.05, 0) is 50.7 Å². The predicted octanol–water partition coefficient (Wildman–Crippen LogP) is 2.38. The minimum atomic E-state index is 0.654. The average Bonchev–Trinajstić information content (AvgIpc) is 2.54. The van der Waals surface area contributed by atoms with Gasteiger partial charge in [0, 0.05) is 19.6 Å². The van der Waals surface area contributed by atoms with Crippen molar-refractivity contribution in [2.75, 3.05) is 46.4 Å². The molecule has 0 N–H and O–H groups in total. The maximum Gasteiger partial charge on any atom is 0.161 e. The van der Waals surface area contributed by atoms with Crippen LogP contribution in [0.15, 0.2) is 18.2 Å². The Hall–Kier alpha value is -1.26. The zero-order chi connectivity index (χ0) is 14.5. The Morgan fingerprint density at radius 1 is 1.05 bits per heavy atom. The van der Waals surface area contributed by atoms with E-state index in [0.717, 1.165) is 24.6 Å². The fourth-order valence-electron chi connectivity index (χ4n) is 3.07. The highest BCUT2D eigenvalue weighted by Crippen LogP contribution is 2.30. The van der Waals surface area contributed by atoms with E-state index in [2.05, 4.69) is 29.0 Å². The van der Waals surface area contributed by atoms with Crippen LogP contribution in [0.4, 0.5) is 0 Å². The Labute approximate surface area is 127 Å². The highest BCUT2D eigenvalue weighted by molar-refractivity contribution is 5.43. The molecule has 0 saturated carbocycles. The van der Waals surface area contributed by atoms with Crippen molar-refractivity contribution in [3.05, 3.63) is 23.8 Å². The SMILES string of the molecule is CN(CCN1CCCCC1)Cc1ccc2c(c1)OCCO2. The first-order valence-electron chi connectivity index (χ1n) is 8.11. The first-order valence-corrected chi connectivity index (χ1v) is 8.11. The summed E-state index contributed by atoms with van der Waals surface area (Å²) in [7, 11) is 2.20. The van der Waals surface area contributed by atoms with Gasteiger partial charge in [0.05, 0.1) is 0 Å². The minimum absolute atomic E-state index is 0.654. The number of ether oxygens (including phenoxy) is 2. The smallest absolute Gasteiger partial charge is 0.161 e. The lowest BCUT2D eigenvalue weighted by molar-refractivity contribution is 0.170. The van der Waals surface area contributed by atoms with Crippen molar-refractivity contribution >= 4 is 0 Å². The van der Waals surface area contributed by atoms with Crippen molar-refractivity contribution < 1.29 is 9.47 Å². The van der Waals surface area contributed by atoms with Crippen LogP contribution in [0.3, 0.4) is 0 Å². The van der Waals surface area contributed by atoms with Crippen molar-refractivity contribution in [2.24, 2.45) is 0 Å². The van der Waals surface area contributed by atoms with Crippen LogP contribution in [-0.4, -0.2) is 56.2 Å². The summed E-state index contributed by atoms with van der Waals surface area (Å²) < 4.78 is 11.2. The summed E-state index contributed by atoms with van der Waals surface area (Å²) in [5.74, 6) is 1.77. The van der Waals surface area contributed by atoms with Gasteiger partial charge in [0.1, 0.15) is 13.2 Å². The molecular formula is C17H26N2O2. The van der Waals surface area contributed by atoms with E-state index in [0.29, 0.717) is 13.2 Å². The van der Waals surface area contributed by atoms with Gasteiger partial charge in [-0.25, -0.2) is 0 Å². The number of hydrogen-bond donors (Lipinski definition) is 0. The van der Waals surface area contributed by atoms with Gasteiger partial charge in [-0.2, -0.15) is 0 Å². The Morgan fingerprint density at radius 2 is 1.81 bits per heavy atom. The summed E-state index contributed by atoms with van der Waals surface area (Å²) in [5, 5.41) is 0. The summed E-state index contributed by atoms with van der Waals surface area (Å²) >= 11 is 0. The Bertz CT molecular complexity index is 458. The molecule has 4 heteroatoms. The second kappa shape index (κ2) is 7.14. The van der Waals surface area contributed by atoms with Crippen LogP contribution in [-0.2, 0) is 6.54 Å². The number of piperidine rings is 1. The molecule has 1 fully saturated rings. The Balaban J connectivity index is 1.48. The summed E-state index contributed by atoms with van der Waals surface area (Å²) in [6.45, 7) is 7.12. The van der Waals surface area contributed by atoms with Crippen LogP contribution < -0.4 is 9.47 Å². The van der Waals surface area contributed by atoms with Gasteiger partial charge in [0.15, 0.2) is 11.5 Å². The summed E-state index contributed by atoms with van der Waals surface area (Å²) in [6, 6.07) is 6.29. The maximum absolute atomic E-state index is 5.65. The number of rotatable bonds is 5. The molecule has 1 aromatic rings. The Kier molecular flexibility index (Phi) is 4.99. The van der Waals surface area contributed by atoms with Crippen molar-refractivity contribution in [3.8, 4) is 11.5 Å². The number of likely N-dealkylation sites (tertiary alicyclic amines) is 1. The lowest BCUT2D eigenvalue weighted by atomic mass is 10.1. The van der Waals surface area contributed by atoms with Gasteiger partial charge >= 0.3 is 0 Å². The van der Waals surface area contributed by atoms with Gasteiger partial charge in [-0.15, -0.1) is 0 Å². The summed E-state index contributed by atoms with van der Waals surface area (Å²) in [6.07, 6.45) is 4.14. The van der Waals surface area contributed by atoms with Gasteiger partial charge in [0.2, 0.25) is 0 Å². The molecule has 0 bridgehead atoms. The standard InChI is InChI=1S/C17H26N2O2/c1-18(9-10-19-7-3-2-4-8-19)14-15-5-6-16-17(13-15)21-12-11-20-16/h5-6,13H,2-4,7-12,14H2,1H3. The molecule has 116 valence electrons. The molecule has 0 unspecified atom stereocenters. The van der Waals surface area contributed by atoms with Crippen LogP contribution >= 0.6 is 0 Å². The third-order valence-electron chi connectivity index (χ3n) is 4.31. The molecule has 1 saturated heterocycles. The number of nitrogens with zero attached hydrogens (tertiary/aromatic N) is 2. The molecule has 21 heavy (non-hydrogen) atoms. The summed E-state index contributed by atoms with van der Waals surface area (Å²) in [4.78, 5) is 4.98. The van der Waals surface area contributed by atoms with Crippen LogP contribution in [0, 0.1) is 0 Å². The molecule has 0 amide bonds. The lowest BCUT2D eigenvalue weighted by Crippen LogP contribution is -2.36. The van der Waals surface area contributed by atoms with Crippen LogP contribution in [0.25, 0.3) is 0 Å². The quantitative estimate of drug-likeness (QED) is 0.831. The largest absolute Gasteiger partial charge is 0.486 e. The van der Waals surface area contributed by atoms with E-state index in [9.17, 15) is 0 Å². The number of benzene rings is 1. The van der Waals surface area contributed by atoms with E-state index in [1.807, 2.05) is 6.07 Å². The van der Waals surface area contributed by atoms with Crippen LogP contribution in [0.1, 0.15) is 24.8 Å². The molecule has 0 spiro atoms. The fourth-order valence-corrected chi connectivity index (χ4v) is 3.07. The van der Waals surface area contributed by atoms with Gasteiger partial charge in [-0.1, -0.05) is 12.5 Å². The zero-order valence-corrected chi connectivity index (χ0v) is 13.0. The van der Waals surface area contributed by atoms with Crippen LogP contribution in [0.5, 0.6) is 11.5 Å². The summed E-state index contributed by atoms with van der Waals surface area (Å²) in [5.41, 5.74) is 1.29. The first kappa shape index (κ1) is 14.7. The molecule has 3 rings (SSSR count). The van der Waals surface area contributed by atoms with Gasteiger partial charge < -0.3 is 19.3 Å². The molecule has 0 atom stereocenters. The highest BCUT2D eigenvalue weighted by atomic mass is 16.6. The molecule has 4 nitrogen and oxygen atoms in total. The topological polar surface area (TPSA) is 24.9 Å². The van der Waals surface area contributed by atoms with E-state index in [-0.39, 0.29) is 0 Å². The van der Waals surface area contributed by atoms with E-state index < -0.39 is 0 Å². The molecule has 2 heterocycles. The maximum atomic E-state index is 5.65. The number of likely N-dealkylation sites (N-methyl/N-ethyl adjacent to an activating group) is 1. The second-order valence-corrected chi connectivity index (χ2v) is 6.12. The van der Waals surface area contributed by atoms with Crippen molar-refractivity contribution in [2.45, 2.75) is 25.8 Å².